The van der Waals surface area contributed by atoms with E-state index >= 15 is 0 Å². The van der Waals surface area contributed by atoms with Crippen LogP contribution in [0.2, 0.25) is 0 Å². The summed E-state index contributed by atoms with van der Waals surface area (Å²) in [5.74, 6) is -1.33. The Hall–Kier alpha value is -2.54. The van der Waals surface area contributed by atoms with Crippen LogP contribution >= 0.6 is 15.9 Å². The summed E-state index contributed by atoms with van der Waals surface area (Å²) < 4.78 is 13.9. The van der Waals surface area contributed by atoms with E-state index in [4.69, 9.17) is 0 Å². The summed E-state index contributed by atoms with van der Waals surface area (Å²) in [5.41, 5.74) is 3.90. The Morgan fingerprint density at radius 1 is 1.20 bits per heavy atom. The molecule has 3 rings (SSSR count). The molecule has 5 nitrogen and oxygen atoms in total. The van der Waals surface area contributed by atoms with Crippen molar-refractivity contribution in [3.63, 3.8) is 0 Å². The second-order valence-corrected chi connectivity index (χ2v) is 6.58. The quantitative estimate of drug-likeness (QED) is 0.629. The Morgan fingerprint density at radius 2 is 1.88 bits per heavy atom. The fourth-order valence-electron chi connectivity index (χ4n) is 2.56. The van der Waals surface area contributed by atoms with Gasteiger partial charge in [-0.2, -0.15) is 5.10 Å². The van der Waals surface area contributed by atoms with Gasteiger partial charge in [0.1, 0.15) is 5.82 Å². The van der Waals surface area contributed by atoms with Gasteiger partial charge in [-0.25, -0.2) is 9.82 Å². The van der Waals surface area contributed by atoms with E-state index in [1.807, 2.05) is 24.3 Å². The average Bonchev–Trinajstić information content (AvgIpc) is 2.99. The molecular weight excluding hydrogens is 389 g/mol. The number of carbonyl (C=O) groups excluding carboxylic acids is 2. The number of hydrogen-bond acceptors (Lipinski definition) is 3. The number of benzene rings is 2. The molecule has 0 bridgehead atoms. The summed E-state index contributed by atoms with van der Waals surface area (Å²) >= 11 is 3.34. The van der Waals surface area contributed by atoms with Crippen molar-refractivity contribution in [3.8, 4) is 0 Å². The zero-order valence-electron chi connectivity index (χ0n) is 13.2. The lowest BCUT2D eigenvalue weighted by molar-refractivity contribution is -0.126. The molecular formula is C18H15BrFN3O2. The van der Waals surface area contributed by atoms with Crippen LogP contribution in [0.1, 0.15) is 12.0 Å². The van der Waals surface area contributed by atoms with Crippen molar-refractivity contribution < 1.29 is 14.0 Å². The third-order valence-corrected chi connectivity index (χ3v) is 4.42. The molecule has 25 heavy (non-hydrogen) atoms. The van der Waals surface area contributed by atoms with E-state index in [2.05, 4.69) is 26.5 Å². The highest BCUT2D eigenvalue weighted by Gasteiger charge is 2.35. The predicted octanol–water partition coefficient (Wildman–Crippen LogP) is 3.09. The Bertz CT molecular complexity index is 806. The maximum atomic E-state index is 13.0. The molecule has 2 amide bonds. The third-order valence-electron chi connectivity index (χ3n) is 3.89. The van der Waals surface area contributed by atoms with E-state index in [0.717, 1.165) is 10.0 Å². The minimum absolute atomic E-state index is 0.108. The van der Waals surface area contributed by atoms with Gasteiger partial charge in [0, 0.05) is 23.1 Å². The first-order chi connectivity index (χ1) is 12.0. The summed E-state index contributed by atoms with van der Waals surface area (Å²) in [4.78, 5) is 25.8. The van der Waals surface area contributed by atoms with Crippen LogP contribution in [0.4, 0.5) is 10.1 Å². The minimum Gasteiger partial charge on any atom is -0.312 e. The van der Waals surface area contributed by atoms with Crippen molar-refractivity contribution in [2.45, 2.75) is 6.42 Å². The Labute approximate surface area is 152 Å². The van der Waals surface area contributed by atoms with Gasteiger partial charge in [0.2, 0.25) is 11.8 Å². The molecule has 0 saturated carbocycles. The van der Waals surface area contributed by atoms with Crippen molar-refractivity contribution in [1.82, 2.24) is 5.43 Å². The fraction of sp³-hybridized carbons (Fsp3) is 0.167. The van der Waals surface area contributed by atoms with Crippen LogP contribution in [0.5, 0.6) is 0 Å². The van der Waals surface area contributed by atoms with Crippen LogP contribution < -0.4 is 10.3 Å². The zero-order chi connectivity index (χ0) is 17.8. The van der Waals surface area contributed by atoms with Gasteiger partial charge in [-0.3, -0.25) is 9.59 Å². The molecule has 2 aromatic carbocycles. The number of amides is 2. The number of carbonyl (C=O) groups is 2. The van der Waals surface area contributed by atoms with Gasteiger partial charge in [0.05, 0.1) is 12.1 Å². The maximum absolute atomic E-state index is 13.0. The van der Waals surface area contributed by atoms with Crippen molar-refractivity contribution in [2.75, 3.05) is 11.4 Å². The molecule has 2 aromatic rings. The van der Waals surface area contributed by atoms with Crippen LogP contribution in [-0.2, 0) is 9.59 Å². The molecule has 1 saturated heterocycles. The van der Waals surface area contributed by atoms with Crippen molar-refractivity contribution in [3.05, 3.63) is 64.4 Å². The monoisotopic (exact) mass is 403 g/mol. The summed E-state index contributed by atoms with van der Waals surface area (Å²) in [6, 6.07) is 13.1. The second-order valence-electron chi connectivity index (χ2n) is 5.67. The summed E-state index contributed by atoms with van der Waals surface area (Å²) in [6.07, 6.45) is 1.65. The molecule has 1 aliphatic heterocycles. The van der Waals surface area contributed by atoms with Gasteiger partial charge in [0.15, 0.2) is 0 Å². The maximum Gasteiger partial charge on any atom is 0.245 e. The van der Waals surface area contributed by atoms with E-state index in [-0.39, 0.29) is 30.6 Å². The van der Waals surface area contributed by atoms with E-state index in [9.17, 15) is 14.0 Å². The molecule has 0 aliphatic carbocycles. The van der Waals surface area contributed by atoms with E-state index in [1.165, 1.54) is 29.2 Å². The van der Waals surface area contributed by atoms with Crippen LogP contribution in [-0.4, -0.2) is 24.6 Å². The van der Waals surface area contributed by atoms with E-state index in [1.54, 1.807) is 6.21 Å². The Balaban J connectivity index is 1.59. The number of nitrogens with zero attached hydrogens (tertiary/aromatic N) is 2. The highest BCUT2D eigenvalue weighted by atomic mass is 79.9. The van der Waals surface area contributed by atoms with Gasteiger partial charge in [-0.1, -0.05) is 28.1 Å². The van der Waals surface area contributed by atoms with Crippen LogP contribution in [0.3, 0.4) is 0 Å². The topological polar surface area (TPSA) is 61.8 Å². The number of halogens is 2. The standard InChI is InChI=1S/C18H15BrFN3O2/c19-14-3-1-12(2-4-14)10-21-22-18(25)13-9-17(24)23(11-13)16-7-5-15(20)6-8-16/h1-8,10,13H,9,11H2,(H,22,25)/b21-10-/t13-/m0/s1. The molecule has 1 fully saturated rings. The molecule has 1 aliphatic rings. The number of hydrogen-bond donors (Lipinski definition) is 1. The van der Waals surface area contributed by atoms with E-state index < -0.39 is 5.92 Å². The smallest absolute Gasteiger partial charge is 0.245 e. The molecule has 0 spiro atoms. The van der Waals surface area contributed by atoms with E-state index in [0.29, 0.717) is 5.69 Å². The lowest BCUT2D eigenvalue weighted by Crippen LogP contribution is -2.30. The molecule has 7 heteroatoms. The summed E-state index contributed by atoms with van der Waals surface area (Å²) in [5, 5.41) is 3.93. The SMILES string of the molecule is O=C(N/N=C\c1ccc(Br)cc1)[C@H]1CC(=O)N(c2ccc(F)cc2)C1. The normalized spacial score (nSPS) is 17.3. The highest BCUT2D eigenvalue weighted by Crippen LogP contribution is 2.25. The van der Waals surface area contributed by atoms with Crippen LogP contribution in [0, 0.1) is 11.7 Å². The molecule has 0 unspecified atom stereocenters. The van der Waals surface area contributed by atoms with Gasteiger partial charge in [-0.05, 0) is 42.0 Å². The van der Waals surface area contributed by atoms with Crippen LogP contribution in [0.15, 0.2) is 58.1 Å². The molecule has 0 radical (unpaired) electrons. The minimum atomic E-state index is -0.486. The lowest BCUT2D eigenvalue weighted by Gasteiger charge is -2.16. The summed E-state index contributed by atoms with van der Waals surface area (Å²) in [7, 11) is 0. The number of anilines is 1. The molecule has 1 N–H and O–H groups in total. The predicted molar refractivity (Wildman–Crippen MR) is 96.7 cm³/mol. The highest BCUT2D eigenvalue weighted by molar-refractivity contribution is 9.10. The number of nitrogens with one attached hydrogen (secondary N) is 1. The first-order valence-corrected chi connectivity index (χ1v) is 8.46. The average molecular weight is 404 g/mol. The largest absolute Gasteiger partial charge is 0.312 e. The number of rotatable bonds is 4. The fourth-order valence-corrected chi connectivity index (χ4v) is 2.83. The van der Waals surface area contributed by atoms with Crippen molar-refractivity contribution in [1.29, 1.82) is 0 Å². The first-order valence-electron chi connectivity index (χ1n) is 7.67. The van der Waals surface area contributed by atoms with Crippen LogP contribution in [0.25, 0.3) is 0 Å². The van der Waals surface area contributed by atoms with Gasteiger partial charge < -0.3 is 4.90 Å². The Kier molecular flexibility index (Phi) is 5.23. The Morgan fingerprint density at radius 3 is 2.56 bits per heavy atom. The molecule has 128 valence electrons. The van der Waals surface area contributed by atoms with Gasteiger partial charge >= 0.3 is 0 Å². The van der Waals surface area contributed by atoms with Crippen molar-refractivity contribution in [2.24, 2.45) is 11.0 Å². The lowest BCUT2D eigenvalue weighted by atomic mass is 10.1. The number of hydrazone groups is 1. The summed E-state index contributed by atoms with van der Waals surface area (Å²) in [6.45, 7) is 0.254. The van der Waals surface area contributed by atoms with Gasteiger partial charge in [-0.15, -0.1) is 0 Å². The van der Waals surface area contributed by atoms with Gasteiger partial charge in [0.25, 0.3) is 0 Å². The first kappa shape index (κ1) is 17.3. The second kappa shape index (κ2) is 7.57. The molecule has 1 heterocycles. The molecule has 1 atom stereocenters. The van der Waals surface area contributed by atoms with Crippen molar-refractivity contribution >= 4 is 39.6 Å². The molecule has 0 aromatic heterocycles. The zero-order valence-corrected chi connectivity index (χ0v) is 14.7. The third kappa shape index (κ3) is 4.30.